The van der Waals surface area contributed by atoms with Gasteiger partial charge in [-0.05, 0) is 31.2 Å². The molecule has 26 heavy (non-hydrogen) atoms. The maximum absolute atomic E-state index is 12.6. The van der Waals surface area contributed by atoms with E-state index in [0.29, 0.717) is 16.8 Å². The maximum atomic E-state index is 12.6. The number of furan rings is 1. The lowest BCUT2D eigenvalue weighted by Gasteiger charge is -2.13. The fraction of sp³-hybridized carbons (Fsp3) is 0.200. The summed E-state index contributed by atoms with van der Waals surface area (Å²) in [7, 11) is 0. The van der Waals surface area contributed by atoms with Crippen molar-refractivity contribution in [2.24, 2.45) is 0 Å². The van der Waals surface area contributed by atoms with Crippen molar-refractivity contribution in [3.8, 4) is 5.75 Å². The Morgan fingerprint density at radius 2 is 1.96 bits per heavy atom. The zero-order valence-corrected chi connectivity index (χ0v) is 14.3. The highest BCUT2D eigenvalue weighted by molar-refractivity contribution is 6.01. The van der Waals surface area contributed by atoms with Gasteiger partial charge in [0.25, 0.3) is 5.56 Å². The second-order valence-corrected chi connectivity index (χ2v) is 6.26. The van der Waals surface area contributed by atoms with Crippen LogP contribution in [0.15, 0.2) is 64.1 Å². The lowest BCUT2D eigenvalue weighted by Crippen LogP contribution is -2.30. The number of fused-ring (bicyclic) bond motifs is 3. The first-order valence-corrected chi connectivity index (χ1v) is 8.36. The van der Waals surface area contributed by atoms with Gasteiger partial charge in [0.1, 0.15) is 29.6 Å². The molecule has 6 heteroatoms. The summed E-state index contributed by atoms with van der Waals surface area (Å²) in [4.78, 5) is 17.0. The Morgan fingerprint density at radius 1 is 1.19 bits per heavy atom. The molecule has 4 aromatic rings. The van der Waals surface area contributed by atoms with Gasteiger partial charge >= 0.3 is 0 Å². The molecule has 1 atom stereocenters. The molecule has 0 aliphatic heterocycles. The van der Waals surface area contributed by atoms with Crippen molar-refractivity contribution in [2.75, 3.05) is 6.61 Å². The third-order valence-corrected chi connectivity index (χ3v) is 4.22. The van der Waals surface area contributed by atoms with Crippen LogP contribution in [0.25, 0.3) is 22.1 Å². The van der Waals surface area contributed by atoms with Gasteiger partial charge in [0.05, 0.1) is 12.9 Å². The molecular formula is C20H18N2O4. The summed E-state index contributed by atoms with van der Waals surface area (Å²) in [6, 6.07) is 14.9. The van der Waals surface area contributed by atoms with E-state index in [1.54, 1.807) is 6.07 Å². The molecule has 0 saturated heterocycles. The van der Waals surface area contributed by atoms with E-state index in [1.165, 1.54) is 10.9 Å². The van der Waals surface area contributed by atoms with Crippen molar-refractivity contribution in [2.45, 2.75) is 19.6 Å². The number of aliphatic hydroxyl groups excluding tert-OH is 1. The van der Waals surface area contributed by atoms with E-state index in [2.05, 4.69) is 4.98 Å². The molecule has 2 heterocycles. The van der Waals surface area contributed by atoms with Gasteiger partial charge in [0.15, 0.2) is 0 Å². The van der Waals surface area contributed by atoms with Crippen molar-refractivity contribution in [1.82, 2.24) is 9.55 Å². The van der Waals surface area contributed by atoms with Crippen LogP contribution in [0.3, 0.4) is 0 Å². The Balaban J connectivity index is 1.53. The number of aryl methyl sites for hydroxylation is 1. The van der Waals surface area contributed by atoms with Crippen LogP contribution >= 0.6 is 0 Å². The normalized spacial score (nSPS) is 12.5. The van der Waals surface area contributed by atoms with E-state index in [1.807, 2.05) is 49.4 Å². The lowest BCUT2D eigenvalue weighted by atomic mass is 10.2. The van der Waals surface area contributed by atoms with Crippen molar-refractivity contribution in [1.29, 1.82) is 0 Å². The van der Waals surface area contributed by atoms with Crippen LogP contribution in [0, 0.1) is 6.92 Å². The molecule has 0 radical (unpaired) electrons. The monoisotopic (exact) mass is 350 g/mol. The van der Waals surface area contributed by atoms with Crippen LogP contribution in [0.1, 0.15) is 5.56 Å². The average Bonchev–Trinajstić information content (AvgIpc) is 3.03. The van der Waals surface area contributed by atoms with Gasteiger partial charge in [0, 0.05) is 5.39 Å². The van der Waals surface area contributed by atoms with Crippen LogP contribution in [0.4, 0.5) is 0 Å². The number of aliphatic hydroxyl groups is 1. The average molecular weight is 350 g/mol. The zero-order valence-electron chi connectivity index (χ0n) is 14.3. The topological polar surface area (TPSA) is 77.5 Å². The lowest BCUT2D eigenvalue weighted by molar-refractivity contribution is 0.0914. The quantitative estimate of drug-likeness (QED) is 0.599. The number of benzene rings is 2. The molecule has 0 saturated carbocycles. The Kier molecular flexibility index (Phi) is 4.18. The number of para-hydroxylation sites is 1. The van der Waals surface area contributed by atoms with E-state index in [0.717, 1.165) is 10.9 Å². The van der Waals surface area contributed by atoms with Crippen LogP contribution in [-0.2, 0) is 6.54 Å². The second-order valence-electron chi connectivity index (χ2n) is 6.26. The number of ether oxygens (including phenoxy) is 1. The third kappa shape index (κ3) is 3.07. The van der Waals surface area contributed by atoms with Crippen molar-refractivity contribution < 1.29 is 14.3 Å². The number of rotatable bonds is 5. The number of aromatic nitrogens is 2. The minimum absolute atomic E-state index is 0.0741. The summed E-state index contributed by atoms with van der Waals surface area (Å²) in [5.41, 5.74) is 2.16. The number of hydrogen-bond donors (Lipinski definition) is 1. The van der Waals surface area contributed by atoms with Crippen LogP contribution in [0.5, 0.6) is 5.75 Å². The van der Waals surface area contributed by atoms with E-state index in [4.69, 9.17) is 9.15 Å². The minimum Gasteiger partial charge on any atom is -0.491 e. The highest BCUT2D eigenvalue weighted by atomic mass is 16.5. The van der Waals surface area contributed by atoms with Gasteiger partial charge in [-0.25, -0.2) is 4.98 Å². The molecule has 0 unspecified atom stereocenters. The number of hydrogen-bond acceptors (Lipinski definition) is 5. The summed E-state index contributed by atoms with van der Waals surface area (Å²) in [5, 5.41) is 11.0. The van der Waals surface area contributed by atoms with E-state index < -0.39 is 6.10 Å². The SMILES string of the molecule is Cc1ccc(OC[C@@H](O)Cn2cnc3c(oc4ccccc43)c2=O)cc1. The molecule has 0 fully saturated rings. The molecule has 1 N–H and O–H groups in total. The van der Waals surface area contributed by atoms with Gasteiger partial charge in [-0.2, -0.15) is 0 Å². The van der Waals surface area contributed by atoms with Gasteiger partial charge in [-0.1, -0.05) is 29.8 Å². The van der Waals surface area contributed by atoms with Crippen molar-refractivity contribution in [3.05, 3.63) is 70.8 Å². The largest absolute Gasteiger partial charge is 0.491 e. The maximum Gasteiger partial charge on any atom is 0.297 e. The fourth-order valence-electron chi connectivity index (χ4n) is 2.85. The first-order valence-electron chi connectivity index (χ1n) is 8.36. The van der Waals surface area contributed by atoms with Crippen molar-refractivity contribution in [3.63, 3.8) is 0 Å². The zero-order chi connectivity index (χ0) is 18.1. The molecule has 0 spiro atoms. The first kappa shape index (κ1) is 16.4. The van der Waals surface area contributed by atoms with Crippen LogP contribution in [0.2, 0.25) is 0 Å². The van der Waals surface area contributed by atoms with E-state index in [-0.39, 0.29) is 24.3 Å². The molecular weight excluding hydrogens is 332 g/mol. The molecule has 0 bridgehead atoms. The van der Waals surface area contributed by atoms with Gasteiger partial charge in [-0.15, -0.1) is 0 Å². The highest BCUT2D eigenvalue weighted by Crippen LogP contribution is 2.24. The predicted molar refractivity (Wildman–Crippen MR) is 98.5 cm³/mol. The number of nitrogens with zero attached hydrogens (tertiary/aromatic N) is 2. The summed E-state index contributed by atoms with van der Waals surface area (Å²) < 4.78 is 12.5. The third-order valence-electron chi connectivity index (χ3n) is 4.22. The summed E-state index contributed by atoms with van der Waals surface area (Å²) in [6.07, 6.45) is 0.583. The Hall–Kier alpha value is -3.12. The second kappa shape index (κ2) is 6.65. The molecule has 4 rings (SSSR count). The Morgan fingerprint density at radius 3 is 2.77 bits per heavy atom. The summed E-state index contributed by atoms with van der Waals surface area (Å²) in [5.74, 6) is 0.674. The molecule has 0 amide bonds. The fourth-order valence-corrected chi connectivity index (χ4v) is 2.85. The van der Waals surface area contributed by atoms with E-state index in [9.17, 15) is 9.90 Å². The molecule has 2 aromatic carbocycles. The molecule has 132 valence electrons. The summed E-state index contributed by atoms with van der Waals surface area (Å²) in [6.45, 7) is 2.14. The first-order chi connectivity index (χ1) is 12.6. The highest BCUT2D eigenvalue weighted by Gasteiger charge is 2.15. The standard InChI is InChI=1S/C20H18N2O4/c1-13-6-8-15(9-7-13)25-11-14(23)10-22-12-21-18-16-4-2-3-5-17(16)26-19(18)20(22)24/h2-9,12,14,23H,10-11H2,1H3/t14-/m0/s1. The van der Waals surface area contributed by atoms with Gasteiger partial charge < -0.3 is 14.3 Å². The summed E-state index contributed by atoms with van der Waals surface area (Å²) >= 11 is 0. The smallest absolute Gasteiger partial charge is 0.297 e. The minimum atomic E-state index is -0.849. The molecule has 6 nitrogen and oxygen atoms in total. The molecule has 2 aromatic heterocycles. The van der Waals surface area contributed by atoms with Gasteiger partial charge in [-0.3, -0.25) is 9.36 Å². The van der Waals surface area contributed by atoms with Gasteiger partial charge in [0.2, 0.25) is 5.58 Å². The predicted octanol–water partition coefficient (Wildman–Crippen LogP) is 2.89. The van der Waals surface area contributed by atoms with E-state index >= 15 is 0 Å². The van der Waals surface area contributed by atoms with Crippen LogP contribution in [-0.4, -0.2) is 27.4 Å². The van der Waals surface area contributed by atoms with Crippen LogP contribution < -0.4 is 10.3 Å². The van der Waals surface area contributed by atoms with Crippen molar-refractivity contribution >= 4 is 22.1 Å². The Labute approximate surface area is 149 Å². The molecule has 0 aliphatic rings. The Bertz CT molecular complexity index is 1110. The molecule has 0 aliphatic carbocycles.